The zero-order valence-electron chi connectivity index (χ0n) is 11.8. The summed E-state index contributed by atoms with van der Waals surface area (Å²) in [5.41, 5.74) is -1.21. The van der Waals surface area contributed by atoms with Crippen molar-refractivity contribution in [3.63, 3.8) is 0 Å². The molecule has 21 heavy (non-hydrogen) atoms. The molecule has 1 aromatic heterocycles. The highest BCUT2D eigenvalue weighted by molar-refractivity contribution is 7.11. The molecule has 1 aliphatic heterocycles. The fraction of sp³-hybridized carbons (Fsp3) is 0.667. The van der Waals surface area contributed by atoms with Gasteiger partial charge >= 0.3 is 19.2 Å². The van der Waals surface area contributed by atoms with Crippen LogP contribution in [0.5, 0.6) is 0 Å². The molecule has 0 atom stereocenters. The van der Waals surface area contributed by atoms with Crippen molar-refractivity contribution >= 4 is 23.9 Å². The lowest BCUT2D eigenvalue weighted by Gasteiger charge is -2.32. The van der Waals surface area contributed by atoms with E-state index in [4.69, 9.17) is 9.31 Å². The van der Waals surface area contributed by atoms with Gasteiger partial charge in [0.1, 0.15) is 0 Å². The van der Waals surface area contributed by atoms with Crippen molar-refractivity contribution in [2.45, 2.75) is 51.0 Å². The summed E-state index contributed by atoms with van der Waals surface area (Å²) in [7, 11) is -0.955. The molecule has 0 aromatic carbocycles. The molecule has 1 aromatic rings. The van der Waals surface area contributed by atoms with E-state index in [1.54, 1.807) is 27.7 Å². The van der Waals surface area contributed by atoms with Gasteiger partial charge in [0.05, 0.1) is 16.1 Å². The van der Waals surface area contributed by atoms with Crippen molar-refractivity contribution in [2.24, 2.45) is 0 Å². The Kier molecular flexibility index (Phi) is 3.71. The van der Waals surface area contributed by atoms with Crippen molar-refractivity contribution in [3.05, 3.63) is 16.3 Å². The second-order valence-electron chi connectivity index (χ2n) is 5.90. The summed E-state index contributed by atoms with van der Waals surface area (Å²) in [6.45, 7) is 7.07. The first-order chi connectivity index (χ1) is 9.28. The van der Waals surface area contributed by atoms with Gasteiger partial charge in [0.25, 0.3) is 0 Å². The maximum Gasteiger partial charge on any atom is 0.495 e. The van der Waals surface area contributed by atoms with E-state index in [0.717, 1.165) is 6.07 Å². The molecular formula is C12H14BF5O2S. The average Bonchev–Trinajstić information content (AvgIpc) is 2.81. The van der Waals surface area contributed by atoms with Crippen LogP contribution in [0.15, 0.2) is 11.4 Å². The Labute approximate surface area is 123 Å². The molecule has 1 saturated heterocycles. The quantitative estimate of drug-likeness (QED) is 0.609. The minimum atomic E-state index is -5.62. The Bertz CT molecular complexity index is 522. The van der Waals surface area contributed by atoms with Crippen LogP contribution in [0.1, 0.15) is 32.6 Å². The topological polar surface area (TPSA) is 18.5 Å². The molecule has 118 valence electrons. The third-order valence-corrected chi connectivity index (χ3v) is 4.83. The summed E-state index contributed by atoms with van der Waals surface area (Å²) in [5.74, 6) is -4.88. The molecule has 2 heterocycles. The first-order valence-corrected chi connectivity index (χ1v) is 7.05. The van der Waals surface area contributed by atoms with Gasteiger partial charge in [-0.05, 0) is 44.6 Å². The first kappa shape index (κ1) is 16.7. The second-order valence-corrected chi connectivity index (χ2v) is 6.82. The van der Waals surface area contributed by atoms with Crippen LogP contribution in [0, 0.1) is 0 Å². The van der Waals surface area contributed by atoms with Crippen molar-refractivity contribution < 1.29 is 31.3 Å². The van der Waals surface area contributed by atoms with Gasteiger partial charge in [-0.25, -0.2) is 0 Å². The van der Waals surface area contributed by atoms with E-state index in [1.165, 1.54) is 5.38 Å². The van der Waals surface area contributed by atoms with Gasteiger partial charge < -0.3 is 9.31 Å². The highest BCUT2D eigenvalue weighted by atomic mass is 32.1. The lowest BCUT2D eigenvalue weighted by Crippen LogP contribution is -2.41. The summed E-state index contributed by atoms with van der Waals surface area (Å²) >= 11 is 0.340. The fourth-order valence-electron chi connectivity index (χ4n) is 1.76. The number of halogens is 5. The van der Waals surface area contributed by atoms with Gasteiger partial charge in [0.15, 0.2) is 0 Å². The lowest BCUT2D eigenvalue weighted by molar-refractivity contribution is -0.287. The number of hydrogen-bond donors (Lipinski definition) is 0. The summed E-state index contributed by atoms with van der Waals surface area (Å²) in [5, 5.41) is 1.21. The lowest BCUT2D eigenvalue weighted by atomic mass is 9.81. The Morgan fingerprint density at radius 1 is 1.00 bits per heavy atom. The standard InChI is InChI=1S/C12H14BF5O2S/c1-9(2)10(3,4)20-13(19-9)7-5-8(21-6-7)11(14,15)12(16,17)18/h5-6H,1-4H3. The Hall–Kier alpha value is -0.665. The molecule has 0 saturated carbocycles. The number of rotatable bonds is 2. The van der Waals surface area contributed by atoms with Crippen LogP contribution in [-0.2, 0) is 15.2 Å². The molecule has 0 spiro atoms. The summed E-state index contributed by atoms with van der Waals surface area (Å²) in [4.78, 5) is -1.07. The molecule has 2 rings (SSSR count). The van der Waals surface area contributed by atoms with Crippen LogP contribution in [0.2, 0.25) is 0 Å². The maximum atomic E-state index is 13.3. The minimum Gasteiger partial charge on any atom is -0.399 e. The molecule has 0 aliphatic carbocycles. The highest BCUT2D eigenvalue weighted by Gasteiger charge is 2.60. The molecule has 0 amide bonds. The number of hydrogen-bond acceptors (Lipinski definition) is 3. The van der Waals surface area contributed by atoms with Crippen molar-refractivity contribution in [1.82, 2.24) is 0 Å². The molecule has 0 bridgehead atoms. The van der Waals surface area contributed by atoms with E-state index in [9.17, 15) is 22.0 Å². The van der Waals surface area contributed by atoms with Gasteiger partial charge in [-0.2, -0.15) is 22.0 Å². The minimum absolute atomic E-state index is 0.164. The zero-order valence-corrected chi connectivity index (χ0v) is 12.7. The third kappa shape index (κ3) is 2.71. The van der Waals surface area contributed by atoms with Crippen LogP contribution in [-0.4, -0.2) is 24.5 Å². The van der Waals surface area contributed by atoms with Crippen LogP contribution in [0.3, 0.4) is 0 Å². The zero-order chi connectivity index (χ0) is 16.3. The number of thiophene rings is 1. The van der Waals surface area contributed by atoms with E-state index >= 15 is 0 Å². The Balaban J connectivity index is 2.27. The van der Waals surface area contributed by atoms with Gasteiger partial charge in [-0.15, -0.1) is 11.3 Å². The molecule has 9 heteroatoms. The predicted octanol–water partition coefficient (Wildman–Crippen LogP) is 3.70. The monoisotopic (exact) mass is 328 g/mol. The van der Waals surface area contributed by atoms with Crippen LogP contribution < -0.4 is 5.46 Å². The van der Waals surface area contributed by atoms with Crippen LogP contribution in [0.4, 0.5) is 22.0 Å². The van der Waals surface area contributed by atoms with Gasteiger partial charge in [-0.1, -0.05) is 0 Å². The molecule has 0 unspecified atom stereocenters. The Morgan fingerprint density at radius 2 is 1.48 bits per heavy atom. The molecule has 0 N–H and O–H groups in total. The largest absolute Gasteiger partial charge is 0.495 e. The first-order valence-electron chi connectivity index (χ1n) is 6.17. The SMILES string of the molecule is CC1(C)OB(c2csc(C(F)(F)C(F)(F)F)c2)OC1(C)C. The average molecular weight is 328 g/mol. The molecule has 0 radical (unpaired) electrons. The van der Waals surface area contributed by atoms with Crippen molar-refractivity contribution in [2.75, 3.05) is 0 Å². The Morgan fingerprint density at radius 3 is 1.90 bits per heavy atom. The second kappa shape index (κ2) is 4.66. The van der Waals surface area contributed by atoms with Crippen molar-refractivity contribution in [3.8, 4) is 0 Å². The molecular weight excluding hydrogens is 314 g/mol. The predicted molar refractivity (Wildman–Crippen MR) is 70.0 cm³/mol. The summed E-state index contributed by atoms with van der Waals surface area (Å²) in [6, 6.07) is 0.792. The molecule has 2 nitrogen and oxygen atoms in total. The van der Waals surface area contributed by atoms with Gasteiger partial charge in [0, 0.05) is 0 Å². The smallest absolute Gasteiger partial charge is 0.399 e. The summed E-state index contributed by atoms with van der Waals surface area (Å²) < 4.78 is 74.8. The number of alkyl halides is 5. The maximum absolute atomic E-state index is 13.3. The normalized spacial score (nSPS) is 21.9. The van der Waals surface area contributed by atoms with E-state index in [1.807, 2.05) is 0 Å². The van der Waals surface area contributed by atoms with E-state index in [2.05, 4.69) is 0 Å². The van der Waals surface area contributed by atoms with Crippen molar-refractivity contribution in [1.29, 1.82) is 0 Å². The van der Waals surface area contributed by atoms with Gasteiger partial charge in [0.2, 0.25) is 0 Å². The van der Waals surface area contributed by atoms with E-state index < -0.39 is 35.3 Å². The molecule has 1 aliphatic rings. The van der Waals surface area contributed by atoms with Crippen LogP contribution >= 0.6 is 11.3 Å². The van der Waals surface area contributed by atoms with Crippen LogP contribution in [0.25, 0.3) is 0 Å². The fourth-order valence-corrected chi connectivity index (χ4v) is 2.67. The third-order valence-electron chi connectivity index (χ3n) is 3.81. The van der Waals surface area contributed by atoms with E-state index in [0.29, 0.717) is 11.3 Å². The van der Waals surface area contributed by atoms with E-state index in [-0.39, 0.29) is 5.46 Å². The molecule has 1 fully saturated rings. The highest BCUT2D eigenvalue weighted by Crippen LogP contribution is 2.45. The summed E-state index contributed by atoms with van der Waals surface area (Å²) in [6.07, 6.45) is -5.62. The van der Waals surface area contributed by atoms with Gasteiger partial charge in [-0.3, -0.25) is 0 Å².